The van der Waals surface area contributed by atoms with E-state index in [2.05, 4.69) is 5.32 Å². The Balaban J connectivity index is 4.32. The van der Waals surface area contributed by atoms with Crippen molar-refractivity contribution in [1.82, 2.24) is 5.32 Å². The van der Waals surface area contributed by atoms with E-state index in [0.717, 1.165) is 0 Å². The van der Waals surface area contributed by atoms with Crippen LogP contribution in [0.1, 0.15) is 40.0 Å². The molecule has 5 nitrogen and oxygen atoms in total. The lowest BCUT2D eigenvalue weighted by Gasteiger charge is -2.26. The number of aliphatic carboxylic acids is 1. The molecule has 0 spiro atoms. The van der Waals surface area contributed by atoms with E-state index in [1.54, 1.807) is 21.0 Å². The Hall–Kier alpha value is -1.10. The molecule has 0 aliphatic rings. The van der Waals surface area contributed by atoms with E-state index >= 15 is 0 Å². The zero-order valence-corrected chi connectivity index (χ0v) is 11.8. The van der Waals surface area contributed by atoms with Crippen LogP contribution in [0.5, 0.6) is 0 Å². The van der Waals surface area contributed by atoms with Crippen LogP contribution in [0.4, 0.5) is 0 Å². The molecule has 0 aromatic heterocycles. The zero-order valence-electron chi connectivity index (χ0n) is 11.8. The highest BCUT2D eigenvalue weighted by Gasteiger charge is 2.37. The minimum atomic E-state index is -0.936. The second kappa shape index (κ2) is 8.08. The first-order valence-electron chi connectivity index (χ1n) is 6.40. The summed E-state index contributed by atoms with van der Waals surface area (Å²) >= 11 is 0. The summed E-state index contributed by atoms with van der Waals surface area (Å²) in [6.45, 7) is 6.66. The first-order valence-corrected chi connectivity index (χ1v) is 6.40. The van der Waals surface area contributed by atoms with Crippen LogP contribution in [0, 0.1) is 11.3 Å². The molecule has 2 N–H and O–H groups in total. The second-order valence-electron chi connectivity index (χ2n) is 4.83. The zero-order chi connectivity index (χ0) is 14.2. The Morgan fingerprint density at radius 1 is 1.33 bits per heavy atom. The average Bonchev–Trinajstić information content (AvgIpc) is 2.33. The number of nitrogens with one attached hydrogen (secondary N) is 1. The Labute approximate surface area is 109 Å². The first kappa shape index (κ1) is 16.9. The Morgan fingerprint density at radius 3 is 2.28 bits per heavy atom. The normalized spacial score (nSPS) is 13.1. The molecule has 0 saturated carbocycles. The summed E-state index contributed by atoms with van der Waals surface area (Å²) in [5.41, 5.74) is -0.936. The summed E-state index contributed by atoms with van der Waals surface area (Å²) in [6, 6.07) is 0. The summed E-state index contributed by atoms with van der Waals surface area (Å²) in [6.07, 6.45) is 0.953. The number of methoxy groups -OCH3 is 1. The van der Waals surface area contributed by atoms with Crippen molar-refractivity contribution in [2.24, 2.45) is 11.3 Å². The summed E-state index contributed by atoms with van der Waals surface area (Å²) < 4.78 is 4.97. The third-order valence-corrected chi connectivity index (χ3v) is 3.41. The number of carboxylic acid groups (broad SMARTS) is 1. The summed E-state index contributed by atoms with van der Waals surface area (Å²) in [4.78, 5) is 23.0. The molecule has 0 bridgehead atoms. The molecular weight excluding hydrogens is 234 g/mol. The van der Waals surface area contributed by atoms with Crippen molar-refractivity contribution in [1.29, 1.82) is 0 Å². The molecule has 0 saturated heterocycles. The largest absolute Gasteiger partial charge is 0.481 e. The van der Waals surface area contributed by atoms with Crippen LogP contribution < -0.4 is 5.32 Å². The fraction of sp³-hybridized carbons (Fsp3) is 0.846. The highest BCUT2D eigenvalue weighted by molar-refractivity contribution is 5.84. The van der Waals surface area contributed by atoms with Crippen molar-refractivity contribution in [3.63, 3.8) is 0 Å². The van der Waals surface area contributed by atoms with Gasteiger partial charge in [-0.05, 0) is 18.8 Å². The standard InChI is InChI=1S/C13H25NO4/c1-5-13(6-2,12(16)17)7-11(15)14-8-10(3)9-18-4/h10H,5-9H2,1-4H3,(H,14,15)(H,16,17). The highest BCUT2D eigenvalue weighted by atomic mass is 16.5. The van der Waals surface area contributed by atoms with Gasteiger partial charge >= 0.3 is 5.97 Å². The van der Waals surface area contributed by atoms with E-state index in [-0.39, 0.29) is 18.2 Å². The summed E-state index contributed by atoms with van der Waals surface area (Å²) in [7, 11) is 1.61. The summed E-state index contributed by atoms with van der Waals surface area (Å²) in [5.74, 6) is -0.877. The van der Waals surface area contributed by atoms with Gasteiger partial charge in [0.1, 0.15) is 0 Å². The molecule has 0 rings (SSSR count). The van der Waals surface area contributed by atoms with Gasteiger partial charge in [0.25, 0.3) is 0 Å². The fourth-order valence-corrected chi connectivity index (χ4v) is 1.88. The van der Waals surface area contributed by atoms with Crippen LogP contribution in [-0.4, -0.2) is 37.2 Å². The Bertz CT molecular complexity index is 274. The predicted molar refractivity (Wildman–Crippen MR) is 69.3 cm³/mol. The van der Waals surface area contributed by atoms with Crippen LogP contribution in [0.15, 0.2) is 0 Å². The van der Waals surface area contributed by atoms with Crippen LogP contribution in [0.25, 0.3) is 0 Å². The third kappa shape index (κ3) is 5.04. The maximum Gasteiger partial charge on any atom is 0.310 e. The van der Waals surface area contributed by atoms with Gasteiger partial charge in [-0.25, -0.2) is 0 Å². The lowest BCUT2D eigenvalue weighted by molar-refractivity contribution is -0.152. The van der Waals surface area contributed by atoms with Crippen molar-refractivity contribution in [2.45, 2.75) is 40.0 Å². The average molecular weight is 259 g/mol. The van der Waals surface area contributed by atoms with Gasteiger partial charge in [0, 0.05) is 20.1 Å². The Kier molecular flexibility index (Phi) is 7.59. The van der Waals surface area contributed by atoms with Crippen molar-refractivity contribution >= 4 is 11.9 Å². The van der Waals surface area contributed by atoms with Gasteiger partial charge in [-0.2, -0.15) is 0 Å². The number of ether oxygens (including phenoxy) is 1. The molecule has 0 aliphatic heterocycles. The third-order valence-electron chi connectivity index (χ3n) is 3.41. The van der Waals surface area contributed by atoms with Crippen LogP contribution in [0.3, 0.4) is 0 Å². The molecule has 5 heteroatoms. The molecule has 0 heterocycles. The lowest BCUT2D eigenvalue weighted by atomic mass is 9.79. The van der Waals surface area contributed by atoms with Gasteiger partial charge in [-0.1, -0.05) is 20.8 Å². The van der Waals surface area contributed by atoms with E-state index in [1.165, 1.54) is 0 Å². The van der Waals surface area contributed by atoms with Gasteiger partial charge in [-0.3, -0.25) is 9.59 Å². The number of carbonyl (C=O) groups is 2. The maximum atomic E-state index is 11.8. The number of rotatable bonds is 9. The van der Waals surface area contributed by atoms with E-state index < -0.39 is 11.4 Å². The van der Waals surface area contributed by atoms with Gasteiger partial charge in [-0.15, -0.1) is 0 Å². The lowest BCUT2D eigenvalue weighted by Crippen LogP contribution is -2.38. The van der Waals surface area contributed by atoms with E-state index in [4.69, 9.17) is 4.74 Å². The van der Waals surface area contributed by atoms with Gasteiger partial charge < -0.3 is 15.2 Å². The van der Waals surface area contributed by atoms with Gasteiger partial charge in [0.2, 0.25) is 5.91 Å². The van der Waals surface area contributed by atoms with E-state index in [9.17, 15) is 14.7 Å². The van der Waals surface area contributed by atoms with Crippen molar-refractivity contribution in [3.8, 4) is 0 Å². The van der Waals surface area contributed by atoms with Crippen molar-refractivity contribution in [3.05, 3.63) is 0 Å². The molecular formula is C13H25NO4. The molecule has 0 aromatic rings. The molecule has 0 fully saturated rings. The monoisotopic (exact) mass is 259 g/mol. The number of hydrogen-bond acceptors (Lipinski definition) is 3. The highest BCUT2D eigenvalue weighted by Crippen LogP contribution is 2.30. The van der Waals surface area contributed by atoms with E-state index in [1.807, 2.05) is 6.92 Å². The molecule has 0 radical (unpaired) electrons. The molecule has 1 unspecified atom stereocenters. The number of amides is 1. The molecule has 0 aromatic carbocycles. The number of carbonyl (C=O) groups excluding carboxylic acids is 1. The minimum absolute atomic E-state index is 0.0367. The van der Waals surface area contributed by atoms with E-state index in [0.29, 0.717) is 26.0 Å². The second-order valence-corrected chi connectivity index (χ2v) is 4.83. The van der Waals surface area contributed by atoms with Gasteiger partial charge in [0.05, 0.1) is 12.0 Å². The molecule has 1 amide bonds. The fourth-order valence-electron chi connectivity index (χ4n) is 1.88. The Morgan fingerprint density at radius 2 is 1.89 bits per heavy atom. The smallest absolute Gasteiger partial charge is 0.310 e. The molecule has 106 valence electrons. The predicted octanol–water partition coefficient (Wildman–Crippen LogP) is 1.67. The van der Waals surface area contributed by atoms with Crippen LogP contribution in [0.2, 0.25) is 0 Å². The number of hydrogen-bond donors (Lipinski definition) is 2. The summed E-state index contributed by atoms with van der Waals surface area (Å²) in [5, 5.41) is 12.0. The first-order chi connectivity index (χ1) is 8.41. The maximum absolute atomic E-state index is 11.8. The minimum Gasteiger partial charge on any atom is -0.481 e. The SMILES string of the molecule is CCC(CC)(CC(=O)NCC(C)COC)C(=O)O. The molecule has 0 aliphatic carbocycles. The molecule has 18 heavy (non-hydrogen) atoms. The van der Waals surface area contributed by atoms with Gasteiger partial charge in [0.15, 0.2) is 0 Å². The van der Waals surface area contributed by atoms with Crippen molar-refractivity contribution < 1.29 is 19.4 Å². The number of carboxylic acids is 1. The van der Waals surface area contributed by atoms with Crippen molar-refractivity contribution in [2.75, 3.05) is 20.3 Å². The topological polar surface area (TPSA) is 75.6 Å². The quantitative estimate of drug-likeness (QED) is 0.660. The van der Waals surface area contributed by atoms with Crippen LogP contribution >= 0.6 is 0 Å². The molecule has 1 atom stereocenters. The van der Waals surface area contributed by atoms with Crippen LogP contribution in [-0.2, 0) is 14.3 Å².